The van der Waals surface area contributed by atoms with E-state index in [1.54, 1.807) is 9.91 Å². The standard InChI is InChI=1S/C30H36N8O4/c31-25(17-35(32)13-14-39)18-36-20-29(41)37-21-28(40)34(16-24-11-6-10-23-9-4-5-12-26(23)24)19-27(37)38(36)30(42)33-15-22-7-2-1-3-8-22/h1-12,17,27,39H,13-16,18-21,31-32H2,(H,33,42)/b25-17-. The minimum atomic E-state index is -0.742. The number of rotatable bonds is 9. The topological polar surface area (TPSA) is 152 Å². The number of hydrazine groups is 2. The molecule has 0 saturated carbocycles. The molecule has 1 atom stereocenters. The van der Waals surface area contributed by atoms with E-state index in [1.165, 1.54) is 21.1 Å². The molecule has 0 radical (unpaired) electrons. The quantitative estimate of drug-likeness (QED) is 0.217. The summed E-state index contributed by atoms with van der Waals surface area (Å²) < 4.78 is 0. The molecule has 2 fully saturated rings. The van der Waals surface area contributed by atoms with Crippen LogP contribution in [-0.2, 0) is 22.7 Å². The summed E-state index contributed by atoms with van der Waals surface area (Å²) >= 11 is 0. The van der Waals surface area contributed by atoms with E-state index in [-0.39, 0.29) is 57.7 Å². The molecule has 5 rings (SSSR count). The van der Waals surface area contributed by atoms with Crippen LogP contribution in [0.25, 0.3) is 10.8 Å². The first-order valence-electron chi connectivity index (χ1n) is 13.8. The number of carbonyl (C=O) groups excluding carboxylic acids is 3. The van der Waals surface area contributed by atoms with Crippen molar-refractivity contribution < 1.29 is 19.5 Å². The molecule has 0 aliphatic carbocycles. The van der Waals surface area contributed by atoms with Gasteiger partial charge in [-0.15, -0.1) is 0 Å². The molecule has 2 saturated heterocycles. The van der Waals surface area contributed by atoms with Gasteiger partial charge in [0.05, 0.1) is 32.8 Å². The summed E-state index contributed by atoms with van der Waals surface area (Å²) in [7, 11) is 0. The third-order valence-corrected chi connectivity index (χ3v) is 7.42. The maximum Gasteiger partial charge on any atom is 0.334 e. The van der Waals surface area contributed by atoms with Crippen molar-refractivity contribution >= 4 is 28.6 Å². The molecule has 4 amide bonds. The molecule has 0 aromatic heterocycles. The zero-order chi connectivity index (χ0) is 29.6. The lowest BCUT2D eigenvalue weighted by atomic mass is 10.0. The van der Waals surface area contributed by atoms with Crippen LogP contribution in [-0.4, -0.2) is 93.3 Å². The second-order valence-corrected chi connectivity index (χ2v) is 10.4. The van der Waals surface area contributed by atoms with Crippen molar-refractivity contribution in [3.05, 3.63) is 95.8 Å². The molecular formula is C30H36N8O4. The van der Waals surface area contributed by atoms with Crippen molar-refractivity contribution in [2.45, 2.75) is 19.3 Å². The van der Waals surface area contributed by atoms with Gasteiger partial charge in [-0.2, -0.15) is 5.01 Å². The number of nitrogens with one attached hydrogen (secondary N) is 1. The van der Waals surface area contributed by atoms with Crippen LogP contribution >= 0.6 is 0 Å². The van der Waals surface area contributed by atoms with E-state index in [1.807, 2.05) is 72.8 Å². The highest BCUT2D eigenvalue weighted by atomic mass is 16.3. The zero-order valence-electron chi connectivity index (χ0n) is 23.3. The van der Waals surface area contributed by atoms with Crippen molar-refractivity contribution in [1.82, 2.24) is 30.1 Å². The van der Waals surface area contributed by atoms with Crippen LogP contribution in [0.15, 0.2) is 84.7 Å². The fourth-order valence-electron chi connectivity index (χ4n) is 5.41. The van der Waals surface area contributed by atoms with Crippen LogP contribution in [0.1, 0.15) is 11.1 Å². The van der Waals surface area contributed by atoms with Crippen LogP contribution in [0, 0.1) is 0 Å². The Labute approximate surface area is 244 Å². The first kappa shape index (κ1) is 28.9. The Morgan fingerprint density at radius 2 is 1.74 bits per heavy atom. The van der Waals surface area contributed by atoms with E-state index in [4.69, 9.17) is 16.7 Å². The van der Waals surface area contributed by atoms with Crippen molar-refractivity contribution in [2.75, 3.05) is 39.3 Å². The average Bonchev–Trinajstić information content (AvgIpc) is 2.97. The monoisotopic (exact) mass is 572 g/mol. The van der Waals surface area contributed by atoms with Crippen LogP contribution in [0.2, 0.25) is 0 Å². The molecule has 2 heterocycles. The van der Waals surface area contributed by atoms with E-state index in [0.717, 1.165) is 21.9 Å². The molecule has 12 nitrogen and oxygen atoms in total. The highest BCUT2D eigenvalue weighted by Gasteiger charge is 2.46. The zero-order valence-corrected chi connectivity index (χ0v) is 23.3. The van der Waals surface area contributed by atoms with Gasteiger partial charge in [-0.25, -0.2) is 15.6 Å². The first-order chi connectivity index (χ1) is 20.3. The van der Waals surface area contributed by atoms with Gasteiger partial charge in [0, 0.05) is 25.0 Å². The SMILES string of the molecule is N/C(=C\N(N)CCO)CN1CC(=O)N2CC(=O)N(Cc3cccc4ccccc34)CC2N1C(=O)NCc1ccccc1. The molecule has 2 aliphatic heterocycles. The molecule has 0 bridgehead atoms. The number of piperazine rings is 1. The van der Waals surface area contributed by atoms with Gasteiger partial charge in [-0.1, -0.05) is 72.8 Å². The third-order valence-electron chi connectivity index (χ3n) is 7.42. The Hall–Kier alpha value is -4.65. The number of urea groups is 1. The number of aliphatic hydroxyl groups is 1. The third kappa shape index (κ3) is 6.46. The summed E-state index contributed by atoms with van der Waals surface area (Å²) in [5.74, 6) is 5.40. The molecule has 3 aromatic carbocycles. The summed E-state index contributed by atoms with van der Waals surface area (Å²) in [6.45, 7) is 0.501. The molecule has 1 unspecified atom stereocenters. The van der Waals surface area contributed by atoms with Crippen molar-refractivity contribution in [2.24, 2.45) is 11.6 Å². The highest BCUT2D eigenvalue weighted by molar-refractivity contribution is 5.90. The lowest BCUT2D eigenvalue weighted by Crippen LogP contribution is -2.74. The number of amides is 4. The number of carbonyl (C=O) groups is 3. The summed E-state index contributed by atoms with van der Waals surface area (Å²) in [5.41, 5.74) is 8.45. The predicted molar refractivity (Wildman–Crippen MR) is 157 cm³/mol. The second kappa shape index (κ2) is 12.9. The van der Waals surface area contributed by atoms with E-state index in [9.17, 15) is 14.4 Å². The van der Waals surface area contributed by atoms with Gasteiger partial charge in [0.1, 0.15) is 12.7 Å². The minimum absolute atomic E-state index is 0.0330. The Morgan fingerprint density at radius 3 is 2.52 bits per heavy atom. The number of nitrogens with two attached hydrogens (primary N) is 2. The van der Waals surface area contributed by atoms with Gasteiger partial charge in [0.25, 0.3) is 0 Å². The molecule has 12 heteroatoms. The van der Waals surface area contributed by atoms with Crippen molar-refractivity contribution in [1.29, 1.82) is 0 Å². The van der Waals surface area contributed by atoms with Crippen LogP contribution in [0.4, 0.5) is 4.79 Å². The lowest BCUT2D eigenvalue weighted by Gasteiger charge is -2.52. The van der Waals surface area contributed by atoms with Gasteiger partial charge in [0.2, 0.25) is 11.8 Å². The van der Waals surface area contributed by atoms with Gasteiger partial charge >= 0.3 is 6.03 Å². The smallest absolute Gasteiger partial charge is 0.334 e. The Kier molecular flexibility index (Phi) is 8.86. The number of nitrogens with zero attached hydrogens (tertiary/aromatic N) is 5. The Morgan fingerprint density at radius 1 is 1.00 bits per heavy atom. The molecule has 2 aliphatic rings. The fraction of sp³-hybridized carbons (Fsp3) is 0.300. The largest absolute Gasteiger partial charge is 0.400 e. The van der Waals surface area contributed by atoms with Gasteiger partial charge in [-0.05, 0) is 21.9 Å². The fourth-order valence-corrected chi connectivity index (χ4v) is 5.41. The van der Waals surface area contributed by atoms with Gasteiger partial charge in [-0.3, -0.25) is 9.59 Å². The lowest BCUT2D eigenvalue weighted by molar-refractivity contribution is -0.181. The first-order valence-corrected chi connectivity index (χ1v) is 13.8. The van der Waals surface area contributed by atoms with Crippen LogP contribution in [0.5, 0.6) is 0 Å². The average molecular weight is 573 g/mol. The van der Waals surface area contributed by atoms with Crippen molar-refractivity contribution in [3.8, 4) is 0 Å². The summed E-state index contributed by atoms with van der Waals surface area (Å²) in [5, 5.41) is 18.5. The van der Waals surface area contributed by atoms with Crippen LogP contribution < -0.4 is 16.9 Å². The number of fused-ring (bicyclic) bond motifs is 2. The number of hydrogen-bond acceptors (Lipinski definition) is 8. The number of benzene rings is 3. The molecule has 42 heavy (non-hydrogen) atoms. The van der Waals surface area contributed by atoms with E-state index >= 15 is 0 Å². The van der Waals surface area contributed by atoms with Gasteiger partial charge < -0.3 is 31.0 Å². The van der Waals surface area contributed by atoms with Crippen LogP contribution in [0.3, 0.4) is 0 Å². The van der Waals surface area contributed by atoms with E-state index in [2.05, 4.69) is 5.32 Å². The second-order valence-electron chi connectivity index (χ2n) is 10.4. The number of aliphatic hydroxyl groups excluding tert-OH is 1. The molecule has 0 spiro atoms. The highest BCUT2D eigenvalue weighted by Crippen LogP contribution is 2.26. The molecule has 220 valence electrons. The van der Waals surface area contributed by atoms with Gasteiger partial charge in [0.15, 0.2) is 0 Å². The Bertz CT molecular complexity index is 1460. The molecule has 6 N–H and O–H groups in total. The van der Waals surface area contributed by atoms with Crippen molar-refractivity contribution in [3.63, 3.8) is 0 Å². The molecule has 3 aromatic rings. The predicted octanol–water partition coefficient (Wildman–Crippen LogP) is 0.747. The molecular weight excluding hydrogens is 536 g/mol. The normalized spacial score (nSPS) is 17.9. The summed E-state index contributed by atoms with van der Waals surface area (Å²) in [6, 6.07) is 23.0. The van der Waals surface area contributed by atoms with E-state index < -0.39 is 12.2 Å². The van der Waals surface area contributed by atoms with E-state index in [0.29, 0.717) is 12.2 Å². The maximum absolute atomic E-state index is 13.8. The summed E-state index contributed by atoms with van der Waals surface area (Å²) in [4.78, 5) is 43.5. The minimum Gasteiger partial charge on any atom is -0.400 e. The number of hydrogen-bond donors (Lipinski definition) is 4. The summed E-state index contributed by atoms with van der Waals surface area (Å²) in [6.07, 6.45) is 0.721. The Balaban J connectivity index is 1.42. The maximum atomic E-state index is 13.8.